The Balaban J connectivity index is 2.17. The van der Waals surface area contributed by atoms with Crippen LogP contribution in [0.2, 0.25) is 0 Å². The molecule has 0 bridgehead atoms. The molecule has 0 amide bonds. The fourth-order valence-corrected chi connectivity index (χ4v) is 3.78. The molecule has 2 N–H and O–H groups in total. The molecule has 3 nitrogen and oxygen atoms in total. The van der Waals surface area contributed by atoms with Gasteiger partial charge >= 0.3 is 0 Å². The monoisotopic (exact) mass is 267 g/mol. The second kappa shape index (κ2) is 6.02. The van der Waals surface area contributed by atoms with Crippen LogP contribution in [0.3, 0.4) is 0 Å². The van der Waals surface area contributed by atoms with E-state index in [1.54, 1.807) is 11.3 Å². The lowest BCUT2D eigenvalue weighted by Gasteiger charge is -2.32. The van der Waals surface area contributed by atoms with Crippen LogP contribution in [0, 0.1) is 5.92 Å². The maximum absolute atomic E-state index is 5.84. The van der Waals surface area contributed by atoms with Gasteiger partial charge in [-0.3, -0.25) is 0 Å². The quantitative estimate of drug-likeness (QED) is 0.909. The van der Waals surface area contributed by atoms with Gasteiger partial charge in [0.25, 0.3) is 0 Å². The molecule has 18 heavy (non-hydrogen) atoms. The van der Waals surface area contributed by atoms with Crippen molar-refractivity contribution in [3.63, 3.8) is 0 Å². The second-order valence-electron chi connectivity index (χ2n) is 5.53. The fourth-order valence-electron chi connectivity index (χ4n) is 2.66. The van der Waals surface area contributed by atoms with Gasteiger partial charge in [0.2, 0.25) is 0 Å². The third kappa shape index (κ3) is 2.86. The maximum Gasteiger partial charge on any atom is 0.185 e. The molecule has 1 atom stereocenters. The number of nitrogens with two attached hydrogens (primary N) is 1. The Morgan fingerprint density at radius 1 is 1.50 bits per heavy atom. The molecule has 1 unspecified atom stereocenters. The lowest BCUT2D eigenvalue weighted by molar-refractivity contribution is 0.404. The van der Waals surface area contributed by atoms with Crippen molar-refractivity contribution < 1.29 is 0 Å². The Hall–Kier alpha value is -0.610. The second-order valence-corrected chi connectivity index (χ2v) is 6.59. The number of piperidine rings is 1. The molecule has 0 spiro atoms. The highest BCUT2D eigenvalue weighted by Gasteiger charge is 2.23. The summed E-state index contributed by atoms with van der Waals surface area (Å²) < 4.78 is 0. The molecular formula is C14H25N3S. The van der Waals surface area contributed by atoms with Crippen molar-refractivity contribution in [2.75, 3.05) is 18.0 Å². The molecule has 1 aliphatic heterocycles. The van der Waals surface area contributed by atoms with E-state index in [0.717, 1.165) is 12.5 Å². The Labute approximate surface area is 114 Å². The number of rotatable bonds is 4. The van der Waals surface area contributed by atoms with E-state index in [1.807, 2.05) is 0 Å². The number of anilines is 1. The zero-order chi connectivity index (χ0) is 13.1. The van der Waals surface area contributed by atoms with Crippen LogP contribution in [0.15, 0.2) is 0 Å². The molecule has 0 aliphatic carbocycles. The zero-order valence-electron chi connectivity index (χ0n) is 11.8. The number of thiazole rings is 1. The average molecular weight is 267 g/mol. The third-order valence-corrected chi connectivity index (χ3v) is 4.97. The Kier molecular flexibility index (Phi) is 4.62. The van der Waals surface area contributed by atoms with E-state index in [9.17, 15) is 0 Å². The minimum atomic E-state index is 0.473. The Morgan fingerprint density at radius 3 is 2.83 bits per heavy atom. The average Bonchev–Trinajstić information content (AvgIpc) is 2.83. The highest BCUT2D eigenvalue weighted by Crippen LogP contribution is 2.33. The minimum Gasteiger partial charge on any atom is -0.348 e. The molecule has 1 fully saturated rings. The van der Waals surface area contributed by atoms with Gasteiger partial charge in [0.15, 0.2) is 5.13 Å². The molecule has 2 rings (SSSR count). The summed E-state index contributed by atoms with van der Waals surface area (Å²) in [5.41, 5.74) is 7.04. The first-order valence-electron chi connectivity index (χ1n) is 7.10. The van der Waals surface area contributed by atoms with Crippen molar-refractivity contribution in [2.24, 2.45) is 11.7 Å². The highest BCUT2D eigenvalue weighted by molar-refractivity contribution is 7.15. The number of nitrogens with zero attached hydrogens (tertiary/aromatic N) is 2. The molecule has 1 aromatic heterocycles. The summed E-state index contributed by atoms with van der Waals surface area (Å²) in [5.74, 6) is 1.31. The summed E-state index contributed by atoms with van der Waals surface area (Å²) in [7, 11) is 0. The van der Waals surface area contributed by atoms with E-state index in [2.05, 4.69) is 25.7 Å². The van der Waals surface area contributed by atoms with Crippen LogP contribution < -0.4 is 10.6 Å². The summed E-state index contributed by atoms with van der Waals surface area (Å²) in [5, 5.41) is 1.19. The van der Waals surface area contributed by atoms with Gasteiger partial charge in [-0.2, -0.15) is 0 Å². The summed E-state index contributed by atoms with van der Waals surface area (Å²) in [4.78, 5) is 8.57. The summed E-state index contributed by atoms with van der Waals surface area (Å²) in [6.45, 7) is 9.64. The minimum absolute atomic E-state index is 0.473. The molecule has 0 aromatic carbocycles. The van der Waals surface area contributed by atoms with Gasteiger partial charge in [0.1, 0.15) is 0 Å². The van der Waals surface area contributed by atoms with E-state index in [-0.39, 0.29) is 0 Å². The van der Waals surface area contributed by atoms with Gasteiger partial charge in [-0.25, -0.2) is 4.98 Å². The van der Waals surface area contributed by atoms with Crippen LogP contribution in [0.4, 0.5) is 5.13 Å². The topological polar surface area (TPSA) is 42.2 Å². The van der Waals surface area contributed by atoms with Gasteiger partial charge in [0.05, 0.1) is 5.69 Å². The van der Waals surface area contributed by atoms with Gasteiger partial charge in [0, 0.05) is 24.5 Å². The van der Waals surface area contributed by atoms with E-state index >= 15 is 0 Å². The van der Waals surface area contributed by atoms with Crippen molar-refractivity contribution in [3.05, 3.63) is 10.6 Å². The zero-order valence-corrected chi connectivity index (χ0v) is 12.6. The first-order chi connectivity index (χ1) is 8.65. The molecule has 2 heterocycles. The summed E-state index contributed by atoms with van der Waals surface area (Å²) >= 11 is 1.80. The normalized spacial score (nSPS) is 20.7. The predicted molar refractivity (Wildman–Crippen MR) is 79.3 cm³/mol. The molecule has 1 aliphatic rings. The largest absolute Gasteiger partial charge is 0.348 e. The summed E-state index contributed by atoms with van der Waals surface area (Å²) in [6, 6.07) is 0. The van der Waals surface area contributed by atoms with Crippen LogP contribution in [-0.2, 0) is 6.54 Å². The van der Waals surface area contributed by atoms with Gasteiger partial charge < -0.3 is 10.6 Å². The molecule has 1 saturated heterocycles. The molecule has 1 aromatic rings. The third-order valence-electron chi connectivity index (χ3n) is 3.82. The fraction of sp³-hybridized carbons (Fsp3) is 0.786. The predicted octanol–water partition coefficient (Wildman–Crippen LogP) is 3.35. The lowest BCUT2D eigenvalue weighted by atomic mass is 9.96. The number of aromatic nitrogens is 1. The van der Waals surface area contributed by atoms with Crippen molar-refractivity contribution in [2.45, 2.75) is 52.5 Å². The first-order valence-corrected chi connectivity index (χ1v) is 7.92. The number of hydrogen-bond donors (Lipinski definition) is 1. The standard InChI is InChI=1S/C14H25N3S/c1-4-11-6-5-7-17(9-11)14-16-13(10(2)3)12(8-15)18-14/h10-11H,4-9,15H2,1-3H3. The molecule has 102 valence electrons. The van der Waals surface area contributed by atoms with E-state index in [1.165, 1.54) is 41.5 Å². The van der Waals surface area contributed by atoms with Gasteiger partial charge in [-0.05, 0) is 24.7 Å². The van der Waals surface area contributed by atoms with Crippen LogP contribution >= 0.6 is 11.3 Å². The van der Waals surface area contributed by atoms with Crippen LogP contribution in [0.1, 0.15) is 56.5 Å². The Bertz CT molecular complexity index is 386. The summed E-state index contributed by atoms with van der Waals surface area (Å²) in [6.07, 6.45) is 3.95. The molecule has 0 radical (unpaired) electrons. The highest BCUT2D eigenvalue weighted by atomic mass is 32.1. The maximum atomic E-state index is 5.84. The van der Waals surface area contributed by atoms with Crippen molar-refractivity contribution in [3.8, 4) is 0 Å². The van der Waals surface area contributed by atoms with Gasteiger partial charge in [-0.1, -0.05) is 27.2 Å². The van der Waals surface area contributed by atoms with E-state index < -0.39 is 0 Å². The first kappa shape index (κ1) is 13.8. The SMILES string of the molecule is CCC1CCCN(c2nc(C(C)C)c(CN)s2)C1. The Morgan fingerprint density at radius 2 is 2.28 bits per heavy atom. The van der Waals surface area contributed by atoms with Crippen molar-refractivity contribution >= 4 is 16.5 Å². The number of hydrogen-bond acceptors (Lipinski definition) is 4. The van der Waals surface area contributed by atoms with E-state index in [4.69, 9.17) is 10.7 Å². The van der Waals surface area contributed by atoms with Crippen molar-refractivity contribution in [1.29, 1.82) is 0 Å². The smallest absolute Gasteiger partial charge is 0.185 e. The van der Waals surface area contributed by atoms with Crippen LogP contribution in [0.5, 0.6) is 0 Å². The molecular weight excluding hydrogens is 242 g/mol. The van der Waals surface area contributed by atoms with Crippen LogP contribution in [0.25, 0.3) is 0 Å². The van der Waals surface area contributed by atoms with E-state index in [0.29, 0.717) is 12.5 Å². The molecule has 4 heteroatoms. The van der Waals surface area contributed by atoms with Crippen molar-refractivity contribution in [1.82, 2.24) is 4.98 Å². The van der Waals surface area contributed by atoms with Crippen LogP contribution in [-0.4, -0.2) is 18.1 Å². The molecule has 0 saturated carbocycles. The van der Waals surface area contributed by atoms with Gasteiger partial charge in [-0.15, -0.1) is 11.3 Å². The lowest BCUT2D eigenvalue weighted by Crippen LogP contribution is -2.35.